The van der Waals surface area contributed by atoms with E-state index in [9.17, 15) is 0 Å². The van der Waals surface area contributed by atoms with Gasteiger partial charge in [0.1, 0.15) is 0 Å². The SMILES string of the molecule is CCC1CCCCC1n1cc(C)nc1NC1CCCCC1. The van der Waals surface area contributed by atoms with Crippen molar-refractivity contribution in [3.8, 4) is 0 Å². The Hall–Kier alpha value is -0.990. The van der Waals surface area contributed by atoms with Gasteiger partial charge in [0.2, 0.25) is 5.95 Å². The molecule has 2 unspecified atom stereocenters. The molecule has 0 spiro atoms. The van der Waals surface area contributed by atoms with Gasteiger partial charge in [0.25, 0.3) is 0 Å². The smallest absolute Gasteiger partial charge is 0.203 e. The van der Waals surface area contributed by atoms with Gasteiger partial charge in [-0.15, -0.1) is 0 Å². The van der Waals surface area contributed by atoms with E-state index >= 15 is 0 Å². The maximum Gasteiger partial charge on any atom is 0.203 e. The van der Waals surface area contributed by atoms with Crippen LogP contribution in [-0.4, -0.2) is 15.6 Å². The molecule has 1 aromatic heterocycles. The third-order valence-electron chi connectivity index (χ3n) is 5.54. The van der Waals surface area contributed by atoms with Crippen LogP contribution in [0.3, 0.4) is 0 Å². The highest BCUT2D eigenvalue weighted by atomic mass is 15.2. The van der Waals surface area contributed by atoms with Crippen LogP contribution in [0.15, 0.2) is 6.20 Å². The van der Waals surface area contributed by atoms with E-state index in [0.717, 1.165) is 17.6 Å². The molecule has 1 heterocycles. The molecule has 118 valence electrons. The lowest BCUT2D eigenvalue weighted by atomic mass is 9.83. The van der Waals surface area contributed by atoms with E-state index < -0.39 is 0 Å². The monoisotopic (exact) mass is 289 g/mol. The van der Waals surface area contributed by atoms with E-state index in [2.05, 4.69) is 29.9 Å². The molecular formula is C18H31N3. The largest absolute Gasteiger partial charge is 0.353 e. The quantitative estimate of drug-likeness (QED) is 0.838. The van der Waals surface area contributed by atoms with Crippen LogP contribution in [-0.2, 0) is 0 Å². The number of aromatic nitrogens is 2. The van der Waals surface area contributed by atoms with Crippen molar-refractivity contribution in [3.63, 3.8) is 0 Å². The Labute approximate surface area is 129 Å². The molecule has 1 N–H and O–H groups in total. The van der Waals surface area contributed by atoms with Gasteiger partial charge >= 0.3 is 0 Å². The minimum Gasteiger partial charge on any atom is -0.353 e. The van der Waals surface area contributed by atoms with Gasteiger partial charge in [0.15, 0.2) is 0 Å². The van der Waals surface area contributed by atoms with E-state index in [0.29, 0.717) is 12.1 Å². The summed E-state index contributed by atoms with van der Waals surface area (Å²) in [5.41, 5.74) is 1.16. The van der Waals surface area contributed by atoms with Crippen LogP contribution in [0.1, 0.15) is 82.9 Å². The highest BCUT2D eigenvalue weighted by Crippen LogP contribution is 2.38. The predicted octanol–water partition coefficient (Wildman–Crippen LogP) is 5.08. The number of nitrogens with one attached hydrogen (secondary N) is 1. The third-order valence-corrected chi connectivity index (χ3v) is 5.54. The molecule has 2 aliphatic rings. The molecule has 3 heteroatoms. The van der Waals surface area contributed by atoms with Gasteiger partial charge < -0.3 is 9.88 Å². The van der Waals surface area contributed by atoms with Crippen molar-refractivity contribution in [1.82, 2.24) is 9.55 Å². The summed E-state index contributed by atoms with van der Waals surface area (Å²) < 4.78 is 2.48. The zero-order valence-corrected chi connectivity index (χ0v) is 13.8. The highest BCUT2D eigenvalue weighted by Gasteiger charge is 2.27. The van der Waals surface area contributed by atoms with E-state index in [1.54, 1.807) is 0 Å². The first kappa shape index (κ1) is 14.9. The Morgan fingerprint density at radius 2 is 1.81 bits per heavy atom. The topological polar surface area (TPSA) is 29.9 Å². The Balaban J connectivity index is 1.77. The normalized spacial score (nSPS) is 27.7. The maximum absolute atomic E-state index is 4.80. The second-order valence-corrected chi connectivity index (χ2v) is 7.11. The summed E-state index contributed by atoms with van der Waals surface area (Å²) in [5, 5.41) is 3.76. The molecule has 21 heavy (non-hydrogen) atoms. The van der Waals surface area contributed by atoms with Crippen molar-refractivity contribution in [2.24, 2.45) is 5.92 Å². The van der Waals surface area contributed by atoms with Crippen molar-refractivity contribution in [2.75, 3.05) is 5.32 Å². The van der Waals surface area contributed by atoms with Gasteiger partial charge in [-0.05, 0) is 38.5 Å². The van der Waals surface area contributed by atoms with Crippen molar-refractivity contribution >= 4 is 5.95 Å². The molecule has 0 aliphatic heterocycles. The van der Waals surface area contributed by atoms with Crippen LogP contribution in [0.5, 0.6) is 0 Å². The first-order valence-corrected chi connectivity index (χ1v) is 9.10. The molecular weight excluding hydrogens is 258 g/mol. The Bertz CT molecular complexity index is 445. The summed E-state index contributed by atoms with van der Waals surface area (Å²) in [7, 11) is 0. The standard InChI is InChI=1S/C18H31N3/c1-3-15-9-7-8-12-17(15)21-13-14(2)19-18(21)20-16-10-5-4-6-11-16/h13,15-17H,3-12H2,1-2H3,(H,19,20). The predicted molar refractivity (Wildman–Crippen MR) is 88.7 cm³/mol. The summed E-state index contributed by atoms with van der Waals surface area (Å²) in [6.07, 6.45) is 15.9. The van der Waals surface area contributed by atoms with Gasteiger partial charge in [0.05, 0.1) is 5.69 Å². The first-order valence-electron chi connectivity index (χ1n) is 9.10. The van der Waals surface area contributed by atoms with Crippen LogP contribution in [0.2, 0.25) is 0 Å². The first-order chi connectivity index (χ1) is 10.3. The molecule has 0 amide bonds. The molecule has 0 radical (unpaired) electrons. The fraction of sp³-hybridized carbons (Fsp3) is 0.833. The van der Waals surface area contributed by atoms with Crippen molar-refractivity contribution in [2.45, 2.75) is 90.1 Å². The molecule has 3 nitrogen and oxygen atoms in total. The minimum atomic E-state index is 0.642. The van der Waals surface area contributed by atoms with Crippen LogP contribution in [0.25, 0.3) is 0 Å². The van der Waals surface area contributed by atoms with Gasteiger partial charge in [-0.1, -0.05) is 45.4 Å². The number of rotatable bonds is 4. The highest BCUT2D eigenvalue weighted by molar-refractivity contribution is 5.31. The Morgan fingerprint density at radius 3 is 2.57 bits per heavy atom. The lowest BCUT2D eigenvalue weighted by Gasteiger charge is -2.33. The molecule has 2 aliphatic carbocycles. The summed E-state index contributed by atoms with van der Waals surface area (Å²) in [6.45, 7) is 4.48. The van der Waals surface area contributed by atoms with E-state index in [1.807, 2.05) is 0 Å². The summed E-state index contributed by atoms with van der Waals surface area (Å²) in [6, 6.07) is 1.30. The van der Waals surface area contributed by atoms with E-state index in [1.165, 1.54) is 64.2 Å². The summed E-state index contributed by atoms with van der Waals surface area (Å²) in [5.74, 6) is 1.98. The van der Waals surface area contributed by atoms with Crippen LogP contribution < -0.4 is 5.32 Å². The molecule has 0 bridgehead atoms. The number of hydrogen-bond acceptors (Lipinski definition) is 2. The van der Waals surface area contributed by atoms with Crippen molar-refractivity contribution in [1.29, 1.82) is 0 Å². The van der Waals surface area contributed by atoms with Crippen LogP contribution in [0, 0.1) is 12.8 Å². The Morgan fingerprint density at radius 1 is 1.10 bits per heavy atom. The summed E-state index contributed by atoms with van der Waals surface area (Å²) in [4.78, 5) is 4.80. The van der Waals surface area contributed by atoms with E-state index in [4.69, 9.17) is 4.98 Å². The number of anilines is 1. The van der Waals surface area contributed by atoms with Crippen molar-refractivity contribution in [3.05, 3.63) is 11.9 Å². The average molecular weight is 289 g/mol. The fourth-order valence-corrected chi connectivity index (χ4v) is 4.34. The second-order valence-electron chi connectivity index (χ2n) is 7.11. The molecule has 3 rings (SSSR count). The molecule has 2 fully saturated rings. The average Bonchev–Trinajstić information content (AvgIpc) is 2.88. The van der Waals surface area contributed by atoms with Crippen LogP contribution in [0.4, 0.5) is 5.95 Å². The molecule has 0 saturated heterocycles. The molecule has 2 saturated carbocycles. The molecule has 1 aromatic rings. The Kier molecular flexibility index (Phi) is 4.87. The molecule has 2 atom stereocenters. The van der Waals surface area contributed by atoms with E-state index in [-0.39, 0.29) is 0 Å². The zero-order chi connectivity index (χ0) is 14.7. The molecule has 0 aromatic carbocycles. The fourth-order valence-electron chi connectivity index (χ4n) is 4.34. The maximum atomic E-state index is 4.80. The lowest BCUT2D eigenvalue weighted by Crippen LogP contribution is -2.28. The van der Waals surface area contributed by atoms with Gasteiger partial charge in [-0.25, -0.2) is 4.98 Å². The van der Waals surface area contributed by atoms with Crippen molar-refractivity contribution < 1.29 is 0 Å². The number of imidazole rings is 1. The third kappa shape index (κ3) is 3.44. The van der Waals surface area contributed by atoms with Gasteiger partial charge in [-0.2, -0.15) is 0 Å². The number of nitrogens with zero attached hydrogens (tertiary/aromatic N) is 2. The lowest BCUT2D eigenvalue weighted by molar-refractivity contribution is 0.234. The van der Waals surface area contributed by atoms with Crippen LogP contribution >= 0.6 is 0 Å². The summed E-state index contributed by atoms with van der Waals surface area (Å²) >= 11 is 0. The number of aryl methyl sites for hydroxylation is 1. The number of hydrogen-bond donors (Lipinski definition) is 1. The zero-order valence-electron chi connectivity index (χ0n) is 13.8. The van der Waals surface area contributed by atoms with Gasteiger partial charge in [0, 0.05) is 18.3 Å². The minimum absolute atomic E-state index is 0.642. The second kappa shape index (κ2) is 6.85. The van der Waals surface area contributed by atoms with Gasteiger partial charge in [-0.3, -0.25) is 0 Å².